The number of ether oxygens (including phenoxy) is 2. The summed E-state index contributed by atoms with van der Waals surface area (Å²) in [6.07, 6.45) is 2.31. The summed E-state index contributed by atoms with van der Waals surface area (Å²) in [5, 5.41) is 7.15. The lowest BCUT2D eigenvalue weighted by molar-refractivity contribution is 0.354. The Morgan fingerprint density at radius 2 is 1.88 bits per heavy atom. The summed E-state index contributed by atoms with van der Waals surface area (Å²) in [5.41, 5.74) is 3.89. The van der Waals surface area contributed by atoms with Crippen LogP contribution in [0.15, 0.2) is 42.5 Å². The normalized spacial score (nSPS) is 15.7. The Balaban J connectivity index is 0.00000208. The van der Waals surface area contributed by atoms with E-state index >= 15 is 0 Å². The number of aryl methyl sites for hydroxylation is 1. The van der Waals surface area contributed by atoms with Crippen LogP contribution in [0.4, 0.5) is 5.69 Å². The van der Waals surface area contributed by atoms with Crippen molar-refractivity contribution in [3.05, 3.63) is 53.6 Å². The van der Waals surface area contributed by atoms with Gasteiger partial charge in [-0.05, 0) is 42.2 Å². The lowest BCUT2D eigenvalue weighted by Gasteiger charge is -2.27. The van der Waals surface area contributed by atoms with E-state index in [1.165, 1.54) is 16.8 Å². The Hall–Kier alpha value is -1.91. The van der Waals surface area contributed by atoms with E-state index in [0.29, 0.717) is 6.04 Å². The summed E-state index contributed by atoms with van der Waals surface area (Å²) in [6, 6.07) is 15.1. The van der Waals surface area contributed by atoms with Gasteiger partial charge in [-0.1, -0.05) is 24.3 Å². The Morgan fingerprint density at radius 1 is 1.08 bits per heavy atom. The van der Waals surface area contributed by atoms with Crippen LogP contribution < -0.4 is 20.1 Å². The van der Waals surface area contributed by atoms with E-state index in [-0.39, 0.29) is 12.4 Å². The predicted molar refractivity (Wildman–Crippen MR) is 101 cm³/mol. The fourth-order valence-electron chi connectivity index (χ4n) is 3.04. The maximum Gasteiger partial charge on any atom is 0.161 e. The predicted octanol–water partition coefficient (Wildman–Crippen LogP) is 3.64. The van der Waals surface area contributed by atoms with Gasteiger partial charge >= 0.3 is 0 Å². The SMILES string of the molecule is COc1ccc(CNCC2CCc3ccccc3N2)cc1OC.Cl. The second-order valence-corrected chi connectivity index (χ2v) is 5.86. The van der Waals surface area contributed by atoms with Crippen molar-refractivity contribution >= 4 is 18.1 Å². The highest BCUT2D eigenvalue weighted by Crippen LogP contribution is 2.27. The molecule has 1 unspecified atom stereocenters. The summed E-state index contributed by atoms with van der Waals surface area (Å²) in [5.74, 6) is 1.54. The van der Waals surface area contributed by atoms with Gasteiger partial charge in [0.15, 0.2) is 11.5 Å². The summed E-state index contributed by atoms with van der Waals surface area (Å²) < 4.78 is 10.6. The molecule has 1 heterocycles. The number of halogens is 1. The summed E-state index contributed by atoms with van der Waals surface area (Å²) in [6.45, 7) is 1.77. The second kappa shape index (κ2) is 8.81. The van der Waals surface area contributed by atoms with Gasteiger partial charge in [-0.3, -0.25) is 0 Å². The molecule has 2 aromatic rings. The van der Waals surface area contributed by atoms with E-state index in [1.807, 2.05) is 12.1 Å². The van der Waals surface area contributed by atoms with E-state index in [1.54, 1.807) is 14.2 Å². The maximum absolute atomic E-state index is 5.35. The molecule has 1 aliphatic rings. The van der Waals surface area contributed by atoms with Crippen molar-refractivity contribution in [1.29, 1.82) is 0 Å². The van der Waals surface area contributed by atoms with Gasteiger partial charge < -0.3 is 20.1 Å². The van der Waals surface area contributed by atoms with Gasteiger partial charge in [-0.2, -0.15) is 0 Å². The molecule has 1 atom stereocenters. The van der Waals surface area contributed by atoms with Gasteiger partial charge in [0.05, 0.1) is 14.2 Å². The fraction of sp³-hybridized carbons (Fsp3) is 0.368. The lowest BCUT2D eigenvalue weighted by Crippen LogP contribution is -2.35. The number of methoxy groups -OCH3 is 2. The van der Waals surface area contributed by atoms with E-state index in [2.05, 4.69) is 41.0 Å². The molecule has 2 aromatic carbocycles. The number of rotatable bonds is 6. The van der Waals surface area contributed by atoms with Crippen molar-refractivity contribution < 1.29 is 9.47 Å². The minimum atomic E-state index is 0. The minimum Gasteiger partial charge on any atom is -0.493 e. The highest BCUT2D eigenvalue weighted by molar-refractivity contribution is 5.85. The Labute approximate surface area is 150 Å². The van der Waals surface area contributed by atoms with E-state index in [0.717, 1.165) is 37.4 Å². The molecule has 0 aromatic heterocycles. The monoisotopic (exact) mass is 348 g/mol. The molecule has 130 valence electrons. The van der Waals surface area contributed by atoms with Gasteiger partial charge in [-0.15, -0.1) is 12.4 Å². The van der Waals surface area contributed by atoms with Crippen LogP contribution in [0, 0.1) is 0 Å². The number of anilines is 1. The molecule has 0 saturated heterocycles. The van der Waals surface area contributed by atoms with Crippen molar-refractivity contribution in [3.63, 3.8) is 0 Å². The van der Waals surface area contributed by atoms with Gasteiger partial charge in [0.2, 0.25) is 0 Å². The van der Waals surface area contributed by atoms with Gasteiger partial charge in [0, 0.05) is 24.8 Å². The van der Waals surface area contributed by atoms with E-state index in [4.69, 9.17) is 9.47 Å². The Morgan fingerprint density at radius 3 is 2.67 bits per heavy atom. The third kappa shape index (κ3) is 4.34. The molecule has 0 saturated carbocycles. The van der Waals surface area contributed by atoms with Crippen molar-refractivity contribution in [2.75, 3.05) is 26.1 Å². The third-order valence-electron chi connectivity index (χ3n) is 4.31. The number of hydrogen-bond donors (Lipinski definition) is 2. The van der Waals surface area contributed by atoms with Crippen LogP contribution in [0.2, 0.25) is 0 Å². The second-order valence-electron chi connectivity index (χ2n) is 5.86. The van der Waals surface area contributed by atoms with E-state index < -0.39 is 0 Å². The van der Waals surface area contributed by atoms with Crippen LogP contribution in [-0.2, 0) is 13.0 Å². The molecule has 4 nitrogen and oxygen atoms in total. The van der Waals surface area contributed by atoms with Crippen molar-refractivity contribution in [1.82, 2.24) is 5.32 Å². The standard InChI is InChI=1S/C19H24N2O2.ClH/c1-22-18-10-7-14(11-19(18)23-2)12-20-13-16-9-8-15-5-3-4-6-17(15)21-16;/h3-7,10-11,16,20-21H,8-9,12-13H2,1-2H3;1H. The maximum atomic E-state index is 5.35. The van der Waals surface area contributed by atoms with Crippen LogP contribution in [0.5, 0.6) is 11.5 Å². The van der Waals surface area contributed by atoms with Gasteiger partial charge in [-0.25, -0.2) is 0 Å². The van der Waals surface area contributed by atoms with Crippen LogP contribution in [0.3, 0.4) is 0 Å². The molecule has 0 aliphatic carbocycles. The molecule has 0 bridgehead atoms. The van der Waals surface area contributed by atoms with Crippen molar-refractivity contribution in [2.45, 2.75) is 25.4 Å². The summed E-state index contributed by atoms with van der Waals surface area (Å²) >= 11 is 0. The zero-order chi connectivity index (χ0) is 16.1. The first-order valence-electron chi connectivity index (χ1n) is 8.06. The first-order valence-corrected chi connectivity index (χ1v) is 8.06. The van der Waals surface area contributed by atoms with Crippen LogP contribution in [0.1, 0.15) is 17.5 Å². The van der Waals surface area contributed by atoms with Gasteiger partial charge in [0.1, 0.15) is 0 Å². The average Bonchev–Trinajstić information content (AvgIpc) is 2.61. The Bertz CT molecular complexity index is 664. The largest absolute Gasteiger partial charge is 0.493 e. The average molecular weight is 349 g/mol. The molecular formula is C19H25ClN2O2. The quantitative estimate of drug-likeness (QED) is 0.836. The molecule has 1 aliphatic heterocycles. The summed E-state index contributed by atoms with van der Waals surface area (Å²) in [4.78, 5) is 0. The van der Waals surface area contributed by atoms with Crippen LogP contribution in [0.25, 0.3) is 0 Å². The Kier molecular flexibility index (Phi) is 6.76. The van der Waals surface area contributed by atoms with Crippen LogP contribution >= 0.6 is 12.4 Å². The topological polar surface area (TPSA) is 42.5 Å². The molecular weight excluding hydrogens is 324 g/mol. The van der Waals surface area contributed by atoms with Gasteiger partial charge in [0.25, 0.3) is 0 Å². The lowest BCUT2D eigenvalue weighted by atomic mass is 9.98. The molecule has 0 amide bonds. The molecule has 24 heavy (non-hydrogen) atoms. The number of fused-ring (bicyclic) bond motifs is 1. The fourth-order valence-corrected chi connectivity index (χ4v) is 3.04. The number of hydrogen-bond acceptors (Lipinski definition) is 4. The summed E-state index contributed by atoms with van der Waals surface area (Å²) in [7, 11) is 3.32. The van der Waals surface area contributed by atoms with Crippen molar-refractivity contribution in [3.8, 4) is 11.5 Å². The smallest absolute Gasteiger partial charge is 0.161 e. The minimum absolute atomic E-state index is 0. The third-order valence-corrected chi connectivity index (χ3v) is 4.31. The molecule has 0 radical (unpaired) electrons. The first kappa shape index (κ1) is 18.4. The molecule has 5 heteroatoms. The highest BCUT2D eigenvalue weighted by Gasteiger charge is 2.16. The van der Waals surface area contributed by atoms with Crippen LogP contribution in [-0.4, -0.2) is 26.8 Å². The zero-order valence-electron chi connectivity index (χ0n) is 14.2. The molecule has 2 N–H and O–H groups in total. The number of nitrogens with one attached hydrogen (secondary N) is 2. The number of para-hydroxylation sites is 1. The number of benzene rings is 2. The van der Waals surface area contributed by atoms with E-state index in [9.17, 15) is 0 Å². The molecule has 3 rings (SSSR count). The zero-order valence-corrected chi connectivity index (χ0v) is 15.0. The molecule has 0 spiro atoms. The first-order chi connectivity index (χ1) is 11.3. The molecule has 0 fully saturated rings. The highest BCUT2D eigenvalue weighted by atomic mass is 35.5. The van der Waals surface area contributed by atoms with Crippen molar-refractivity contribution in [2.24, 2.45) is 0 Å².